The molecule has 0 saturated carbocycles. The Hall–Kier alpha value is -5.89. The fourth-order valence-corrected chi connectivity index (χ4v) is 5.38. The number of amides is 2. The van der Waals surface area contributed by atoms with Crippen LogP contribution in [0.1, 0.15) is 34.1 Å². The van der Waals surface area contributed by atoms with E-state index in [9.17, 15) is 9.59 Å². The predicted octanol–water partition coefficient (Wildman–Crippen LogP) is 7.38. The molecule has 1 heterocycles. The van der Waals surface area contributed by atoms with Crippen LogP contribution in [0.2, 0.25) is 0 Å². The van der Waals surface area contributed by atoms with Crippen molar-refractivity contribution in [1.29, 1.82) is 0 Å². The zero-order valence-corrected chi connectivity index (χ0v) is 24.9. The third-order valence-corrected chi connectivity index (χ3v) is 7.57. The van der Waals surface area contributed by atoms with Gasteiger partial charge in [0, 0.05) is 12.4 Å². The van der Waals surface area contributed by atoms with E-state index in [0.29, 0.717) is 0 Å². The van der Waals surface area contributed by atoms with Gasteiger partial charge in [0.1, 0.15) is 0 Å². The Morgan fingerprint density at radius 1 is 0.435 bits per heavy atom. The predicted molar refractivity (Wildman–Crippen MR) is 178 cm³/mol. The number of nitrogens with zero attached hydrogens (tertiary/aromatic N) is 1. The Balaban J connectivity index is 0.000000181. The van der Waals surface area contributed by atoms with Crippen LogP contribution in [0, 0.1) is 0 Å². The number of carbonyl (C=O) groups is 2. The van der Waals surface area contributed by atoms with E-state index in [0.717, 1.165) is 44.5 Å². The summed E-state index contributed by atoms with van der Waals surface area (Å²) in [6, 6.07) is 48.2. The van der Waals surface area contributed by atoms with Gasteiger partial charge in [-0.05, 0) is 56.6 Å². The van der Waals surface area contributed by atoms with Crippen molar-refractivity contribution in [2.24, 2.45) is 0 Å². The van der Waals surface area contributed by atoms with Crippen molar-refractivity contribution in [3.8, 4) is 22.3 Å². The van der Waals surface area contributed by atoms with Crippen LogP contribution in [0.4, 0.5) is 0 Å². The summed E-state index contributed by atoms with van der Waals surface area (Å²) < 4.78 is 0. The van der Waals surface area contributed by atoms with E-state index in [2.05, 4.69) is 4.98 Å². The van der Waals surface area contributed by atoms with Gasteiger partial charge in [-0.15, -0.1) is 0 Å². The standard InChI is InChI=1S/C20H17NO2.C19H16N2O2/c22-20(21-23)19(16-10-5-2-6-11-16)18-13-7-12-17(14-18)15-8-3-1-4-9-15;22-19(21-23)18(15-5-2-1-3-6-15)17-8-4-7-16(13-17)14-9-11-20-12-10-14/h1-14,19,23H,(H,21,22);1-13,18,23H,(H,21,22). The van der Waals surface area contributed by atoms with Crippen molar-refractivity contribution in [3.63, 3.8) is 0 Å². The van der Waals surface area contributed by atoms with Crippen LogP contribution in [0.15, 0.2) is 164 Å². The quantitative estimate of drug-likeness (QED) is 0.107. The Bertz CT molecular complexity index is 1710. The second-order valence-corrected chi connectivity index (χ2v) is 10.5. The van der Waals surface area contributed by atoms with Gasteiger partial charge in [-0.2, -0.15) is 0 Å². The lowest BCUT2D eigenvalue weighted by atomic mass is 9.89. The Kier molecular flexibility index (Phi) is 10.8. The monoisotopic (exact) mass is 607 g/mol. The van der Waals surface area contributed by atoms with Crippen molar-refractivity contribution >= 4 is 11.8 Å². The number of carbonyl (C=O) groups excluding carboxylic acids is 2. The number of aromatic nitrogens is 1. The molecule has 6 rings (SSSR count). The number of hydrogen-bond acceptors (Lipinski definition) is 5. The molecule has 2 atom stereocenters. The summed E-state index contributed by atoms with van der Waals surface area (Å²) in [7, 11) is 0. The molecule has 228 valence electrons. The molecular weight excluding hydrogens is 574 g/mol. The highest BCUT2D eigenvalue weighted by molar-refractivity contribution is 5.87. The first-order valence-corrected chi connectivity index (χ1v) is 14.7. The minimum absolute atomic E-state index is 0.443. The topological polar surface area (TPSA) is 112 Å². The minimum Gasteiger partial charge on any atom is -0.289 e. The Morgan fingerprint density at radius 3 is 1.20 bits per heavy atom. The molecule has 6 aromatic rings. The summed E-state index contributed by atoms with van der Waals surface area (Å²) in [5.74, 6) is -2.02. The number of hydrogen-bond donors (Lipinski definition) is 4. The minimum atomic E-state index is -0.567. The molecule has 0 spiro atoms. The first-order valence-electron chi connectivity index (χ1n) is 14.7. The molecule has 7 nitrogen and oxygen atoms in total. The Morgan fingerprint density at radius 2 is 0.783 bits per heavy atom. The molecule has 2 unspecified atom stereocenters. The van der Waals surface area contributed by atoms with E-state index in [4.69, 9.17) is 10.4 Å². The van der Waals surface area contributed by atoms with Gasteiger partial charge in [0.05, 0.1) is 11.8 Å². The van der Waals surface area contributed by atoms with Crippen molar-refractivity contribution in [2.45, 2.75) is 11.8 Å². The number of nitrogens with one attached hydrogen (secondary N) is 2. The first-order chi connectivity index (χ1) is 22.6. The number of hydroxylamine groups is 2. The highest BCUT2D eigenvalue weighted by Gasteiger charge is 2.23. The average molecular weight is 608 g/mol. The maximum atomic E-state index is 12.2. The van der Waals surface area contributed by atoms with Crippen LogP contribution in [0.3, 0.4) is 0 Å². The van der Waals surface area contributed by atoms with Gasteiger partial charge in [0.15, 0.2) is 0 Å². The molecule has 0 aliphatic rings. The second kappa shape index (κ2) is 15.7. The van der Waals surface area contributed by atoms with Gasteiger partial charge in [-0.3, -0.25) is 25.0 Å². The molecule has 0 saturated heterocycles. The lowest BCUT2D eigenvalue weighted by molar-refractivity contribution is -0.130. The second-order valence-electron chi connectivity index (χ2n) is 10.5. The molecule has 0 aliphatic heterocycles. The van der Waals surface area contributed by atoms with Gasteiger partial charge in [0.25, 0.3) is 11.8 Å². The molecule has 46 heavy (non-hydrogen) atoms. The van der Waals surface area contributed by atoms with Gasteiger partial charge >= 0.3 is 0 Å². The number of rotatable bonds is 8. The molecule has 2 amide bonds. The molecule has 0 aliphatic carbocycles. The SMILES string of the molecule is O=C(NO)C(c1ccccc1)c1cccc(-c2ccccc2)c1.O=C(NO)C(c1ccccc1)c1cccc(-c2ccncc2)c1. The maximum absolute atomic E-state index is 12.2. The summed E-state index contributed by atoms with van der Waals surface area (Å²) in [4.78, 5) is 28.4. The zero-order valence-electron chi connectivity index (χ0n) is 24.9. The third kappa shape index (κ3) is 7.78. The highest BCUT2D eigenvalue weighted by Crippen LogP contribution is 2.30. The van der Waals surface area contributed by atoms with E-state index in [1.165, 1.54) is 0 Å². The lowest BCUT2D eigenvalue weighted by Gasteiger charge is -2.17. The molecular formula is C39H33N3O4. The summed E-state index contributed by atoms with van der Waals surface area (Å²) in [6.07, 6.45) is 3.47. The third-order valence-electron chi connectivity index (χ3n) is 7.57. The number of benzene rings is 5. The van der Waals surface area contributed by atoms with Crippen molar-refractivity contribution < 1.29 is 20.0 Å². The summed E-state index contributed by atoms with van der Waals surface area (Å²) >= 11 is 0. The van der Waals surface area contributed by atoms with E-state index in [1.54, 1.807) is 23.4 Å². The van der Waals surface area contributed by atoms with E-state index in [1.807, 2.05) is 152 Å². The smallest absolute Gasteiger partial charge is 0.255 e. The average Bonchev–Trinajstić information content (AvgIpc) is 3.14. The van der Waals surface area contributed by atoms with Gasteiger partial charge in [0.2, 0.25) is 0 Å². The van der Waals surface area contributed by atoms with Gasteiger partial charge in [-0.1, -0.05) is 140 Å². The van der Waals surface area contributed by atoms with Crippen molar-refractivity contribution in [1.82, 2.24) is 15.9 Å². The van der Waals surface area contributed by atoms with Crippen molar-refractivity contribution in [2.75, 3.05) is 0 Å². The maximum Gasteiger partial charge on any atom is 0.255 e. The lowest BCUT2D eigenvalue weighted by Crippen LogP contribution is -2.27. The summed E-state index contributed by atoms with van der Waals surface area (Å²) in [6.45, 7) is 0. The fourth-order valence-electron chi connectivity index (χ4n) is 5.38. The van der Waals surface area contributed by atoms with Crippen LogP contribution in [0.25, 0.3) is 22.3 Å². The van der Waals surface area contributed by atoms with Crippen LogP contribution >= 0.6 is 0 Å². The first kappa shape index (κ1) is 31.5. The van der Waals surface area contributed by atoms with Gasteiger partial charge in [-0.25, -0.2) is 11.0 Å². The molecule has 5 aromatic carbocycles. The van der Waals surface area contributed by atoms with Crippen LogP contribution < -0.4 is 11.0 Å². The normalized spacial score (nSPS) is 11.7. The van der Waals surface area contributed by atoms with Crippen LogP contribution in [-0.4, -0.2) is 27.2 Å². The van der Waals surface area contributed by atoms with E-state index >= 15 is 0 Å². The number of pyridine rings is 1. The van der Waals surface area contributed by atoms with E-state index < -0.39 is 23.7 Å². The molecule has 1 aromatic heterocycles. The highest BCUT2D eigenvalue weighted by atomic mass is 16.5. The van der Waals surface area contributed by atoms with Crippen LogP contribution in [-0.2, 0) is 9.59 Å². The molecule has 4 N–H and O–H groups in total. The Labute approximate surface area is 267 Å². The zero-order chi connectivity index (χ0) is 32.1. The summed E-state index contributed by atoms with van der Waals surface area (Å²) in [5.41, 5.74) is 11.0. The van der Waals surface area contributed by atoms with Gasteiger partial charge < -0.3 is 0 Å². The molecule has 0 radical (unpaired) electrons. The molecule has 0 bridgehead atoms. The largest absolute Gasteiger partial charge is 0.289 e. The molecule has 0 fully saturated rings. The van der Waals surface area contributed by atoms with E-state index in [-0.39, 0.29) is 0 Å². The van der Waals surface area contributed by atoms with Crippen LogP contribution in [0.5, 0.6) is 0 Å². The summed E-state index contributed by atoms with van der Waals surface area (Å²) in [5, 5.41) is 18.2. The van der Waals surface area contributed by atoms with Crippen molar-refractivity contribution in [3.05, 3.63) is 186 Å². The molecule has 7 heteroatoms. The fraction of sp³-hybridized carbons (Fsp3) is 0.0513.